The molecule has 1 aromatic carbocycles. The van der Waals surface area contributed by atoms with Crippen LogP contribution in [0.3, 0.4) is 0 Å². The summed E-state index contributed by atoms with van der Waals surface area (Å²) in [5, 5.41) is 3.95. The molecule has 6 rings (SSSR count). The molecule has 0 radical (unpaired) electrons. The Morgan fingerprint density at radius 3 is 2.58 bits per heavy atom. The molecule has 2 aliphatic heterocycles. The first-order chi connectivity index (χ1) is 19.5. The number of rotatable bonds is 6. The van der Waals surface area contributed by atoms with Crippen molar-refractivity contribution in [3.8, 4) is 11.1 Å². The van der Waals surface area contributed by atoms with Crippen molar-refractivity contribution in [2.45, 2.75) is 31.2 Å². The van der Waals surface area contributed by atoms with Gasteiger partial charge in [-0.05, 0) is 23.8 Å². The summed E-state index contributed by atoms with van der Waals surface area (Å²) < 4.78 is 11.7. The highest BCUT2D eigenvalue weighted by atomic mass is 16.7. The fraction of sp³-hybridized carbons (Fsp3) is 0.276. The van der Waals surface area contributed by atoms with Crippen molar-refractivity contribution in [2.75, 3.05) is 19.8 Å². The zero-order chi connectivity index (χ0) is 28.0. The lowest BCUT2D eigenvalue weighted by Gasteiger charge is -2.24. The van der Waals surface area contributed by atoms with Gasteiger partial charge in [-0.3, -0.25) is 24.4 Å². The summed E-state index contributed by atoms with van der Waals surface area (Å²) >= 11 is 0. The fourth-order valence-electron chi connectivity index (χ4n) is 5.06. The molecule has 2 fully saturated rings. The number of carbonyl (C=O) groups is 3. The highest BCUT2D eigenvalue weighted by Crippen LogP contribution is 2.35. The van der Waals surface area contributed by atoms with Crippen LogP contribution in [-0.4, -0.2) is 69.7 Å². The lowest BCUT2D eigenvalue weighted by Crippen LogP contribution is -2.46. The van der Waals surface area contributed by atoms with E-state index in [-0.39, 0.29) is 31.2 Å². The number of fused-ring (bicyclic) bond motifs is 1. The van der Waals surface area contributed by atoms with Crippen LogP contribution in [0.15, 0.2) is 73.2 Å². The van der Waals surface area contributed by atoms with Crippen LogP contribution in [0.1, 0.15) is 17.8 Å². The average Bonchev–Trinajstić information content (AvgIpc) is 3.72. The summed E-state index contributed by atoms with van der Waals surface area (Å²) in [4.78, 5) is 48.7. The van der Waals surface area contributed by atoms with Crippen molar-refractivity contribution in [2.24, 2.45) is 5.73 Å². The van der Waals surface area contributed by atoms with Crippen LogP contribution in [0.2, 0.25) is 0 Å². The minimum absolute atomic E-state index is 0.0872. The third kappa shape index (κ3) is 6.00. The number of H-pyrrole nitrogens is 1. The van der Waals surface area contributed by atoms with E-state index in [0.29, 0.717) is 31.9 Å². The maximum Gasteiger partial charge on any atom is 0.243 e. The van der Waals surface area contributed by atoms with Gasteiger partial charge < -0.3 is 30.4 Å². The summed E-state index contributed by atoms with van der Waals surface area (Å²) in [7, 11) is 0. The van der Waals surface area contributed by atoms with E-state index in [4.69, 9.17) is 14.3 Å². The first kappa shape index (κ1) is 27.0. The molecule has 4 N–H and O–H groups in total. The van der Waals surface area contributed by atoms with Gasteiger partial charge in [-0.2, -0.15) is 0 Å². The Labute approximate surface area is 230 Å². The molecule has 11 nitrogen and oxygen atoms in total. The number of carbonyl (C=O) groups excluding carboxylic acids is 3. The molecule has 40 heavy (non-hydrogen) atoms. The van der Waals surface area contributed by atoms with Crippen molar-refractivity contribution in [3.05, 3.63) is 84.6 Å². The highest BCUT2D eigenvalue weighted by Gasteiger charge is 2.52. The number of nitrogens with zero attached hydrogens (tertiary/aromatic N) is 3. The zero-order valence-corrected chi connectivity index (χ0v) is 21.8. The number of aromatic amines is 1. The molecule has 1 spiro atoms. The third-order valence-electron chi connectivity index (χ3n) is 6.92. The lowest BCUT2D eigenvalue weighted by atomic mass is 10.1. The van der Waals surface area contributed by atoms with Crippen LogP contribution >= 0.6 is 0 Å². The van der Waals surface area contributed by atoms with Crippen LogP contribution in [0, 0.1) is 0 Å². The Kier molecular flexibility index (Phi) is 8.13. The SMILES string of the molecule is NC=O.O=C(NCc1cc2cnccc2[nH]1)C1CC2(CN1C(=O)Cc1ccc(-c3ccccc3)cn1)OCCO2. The lowest BCUT2D eigenvalue weighted by molar-refractivity contribution is -0.152. The third-order valence-corrected chi connectivity index (χ3v) is 6.92. The fourth-order valence-corrected chi connectivity index (χ4v) is 5.06. The van der Waals surface area contributed by atoms with Gasteiger partial charge in [0, 0.05) is 52.9 Å². The predicted octanol–water partition coefficient (Wildman–Crippen LogP) is 1.93. The molecule has 11 heteroatoms. The minimum Gasteiger partial charge on any atom is -0.372 e. The van der Waals surface area contributed by atoms with E-state index in [9.17, 15) is 9.59 Å². The molecule has 1 atom stereocenters. The zero-order valence-electron chi connectivity index (χ0n) is 21.8. The van der Waals surface area contributed by atoms with Gasteiger partial charge in [-0.25, -0.2) is 0 Å². The summed E-state index contributed by atoms with van der Waals surface area (Å²) in [5.74, 6) is -1.36. The molecular weight excluding hydrogens is 512 g/mol. The van der Waals surface area contributed by atoms with Gasteiger partial charge in [0.15, 0.2) is 5.79 Å². The second-order valence-electron chi connectivity index (χ2n) is 9.54. The molecule has 0 aliphatic carbocycles. The number of nitrogens with two attached hydrogens (primary N) is 1. The summed E-state index contributed by atoms with van der Waals surface area (Å²) in [6.07, 6.45) is 5.89. The van der Waals surface area contributed by atoms with Crippen LogP contribution in [-0.2, 0) is 36.8 Å². The minimum atomic E-state index is -0.935. The second-order valence-corrected chi connectivity index (χ2v) is 9.54. The average molecular weight is 543 g/mol. The Morgan fingerprint density at radius 2 is 1.88 bits per heavy atom. The van der Waals surface area contributed by atoms with E-state index in [0.717, 1.165) is 27.7 Å². The van der Waals surface area contributed by atoms with Crippen molar-refractivity contribution < 1.29 is 23.9 Å². The summed E-state index contributed by atoms with van der Waals surface area (Å²) in [6, 6.07) is 16.9. The van der Waals surface area contributed by atoms with E-state index >= 15 is 0 Å². The van der Waals surface area contributed by atoms with E-state index in [1.54, 1.807) is 23.5 Å². The Balaban J connectivity index is 0.00000103. The van der Waals surface area contributed by atoms with Crippen LogP contribution in [0.25, 0.3) is 22.0 Å². The van der Waals surface area contributed by atoms with E-state index in [1.807, 2.05) is 54.6 Å². The summed E-state index contributed by atoms with van der Waals surface area (Å²) in [6.45, 7) is 1.41. The van der Waals surface area contributed by atoms with Crippen LogP contribution in [0.5, 0.6) is 0 Å². The molecule has 0 saturated carbocycles. The normalized spacial score (nSPS) is 17.4. The molecule has 2 saturated heterocycles. The van der Waals surface area contributed by atoms with E-state index < -0.39 is 11.8 Å². The number of benzene rings is 1. The first-order valence-electron chi connectivity index (χ1n) is 12.9. The van der Waals surface area contributed by atoms with Crippen molar-refractivity contribution >= 4 is 29.1 Å². The first-order valence-corrected chi connectivity index (χ1v) is 12.9. The van der Waals surface area contributed by atoms with Crippen LogP contribution < -0.4 is 11.1 Å². The number of amides is 3. The standard InChI is InChI=1S/C28H27N5O4.CH3NO/c34-26(13-22-7-6-20(16-30-22)19-4-2-1-3-5-19)33-18-28(36-10-11-37-28)14-25(33)27(35)31-17-23-12-21-15-29-9-8-24(21)32-23;2-1-3/h1-9,12,15-16,25,32H,10-11,13-14,17-18H2,(H,31,35);1H,(H2,2,3). The van der Waals surface area contributed by atoms with Gasteiger partial charge in [0.2, 0.25) is 18.2 Å². The van der Waals surface area contributed by atoms with E-state index in [2.05, 4.69) is 26.0 Å². The van der Waals surface area contributed by atoms with Crippen molar-refractivity contribution in [1.29, 1.82) is 0 Å². The highest BCUT2D eigenvalue weighted by molar-refractivity contribution is 5.89. The Hall–Kier alpha value is -4.61. The summed E-state index contributed by atoms with van der Waals surface area (Å²) in [5.41, 5.74) is 8.67. The van der Waals surface area contributed by atoms with Crippen LogP contribution in [0.4, 0.5) is 0 Å². The molecule has 3 amide bonds. The van der Waals surface area contributed by atoms with Gasteiger partial charge in [0.25, 0.3) is 0 Å². The molecule has 2 aliphatic rings. The molecule has 3 aromatic heterocycles. The molecule has 1 unspecified atom stereocenters. The predicted molar refractivity (Wildman–Crippen MR) is 146 cm³/mol. The number of hydrogen-bond acceptors (Lipinski definition) is 7. The Bertz CT molecular complexity index is 1430. The molecule has 5 heterocycles. The second kappa shape index (κ2) is 12.1. The number of nitrogens with one attached hydrogen (secondary N) is 2. The largest absolute Gasteiger partial charge is 0.372 e. The number of pyridine rings is 2. The number of aromatic nitrogens is 3. The van der Waals surface area contributed by atoms with E-state index in [1.165, 1.54) is 0 Å². The van der Waals surface area contributed by atoms with Crippen molar-refractivity contribution in [1.82, 2.24) is 25.2 Å². The number of primary amides is 1. The van der Waals surface area contributed by atoms with Gasteiger partial charge in [-0.15, -0.1) is 0 Å². The number of ether oxygens (including phenoxy) is 2. The number of hydrogen-bond donors (Lipinski definition) is 3. The van der Waals surface area contributed by atoms with Gasteiger partial charge in [0.05, 0.1) is 32.7 Å². The molecule has 206 valence electrons. The molecule has 0 bridgehead atoms. The smallest absolute Gasteiger partial charge is 0.243 e. The van der Waals surface area contributed by atoms with Gasteiger partial charge >= 0.3 is 0 Å². The maximum absolute atomic E-state index is 13.4. The topological polar surface area (TPSA) is 153 Å². The van der Waals surface area contributed by atoms with Gasteiger partial charge in [0.1, 0.15) is 6.04 Å². The quantitative estimate of drug-likeness (QED) is 0.315. The van der Waals surface area contributed by atoms with Crippen molar-refractivity contribution in [3.63, 3.8) is 0 Å². The maximum atomic E-state index is 13.4. The monoisotopic (exact) mass is 542 g/mol. The Morgan fingerprint density at radius 1 is 1.10 bits per heavy atom. The van der Waals surface area contributed by atoms with Gasteiger partial charge in [-0.1, -0.05) is 36.4 Å². The molecule has 4 aromatic rings. The number of likely N-dealkylation sites (tertiary alicyclic amines) is 1. The molecular formula is C29H30N6O5.